The fourth-order valence-corrected chi connectivity index (χ4v) is 4.75. The van der Waals surface area contributed by atoms with E-state index in [1.165, 1.54) is 12.4 Å². The van der Waals surface area contributed by atoms with Crippen molar-refractivity contribution in [1.82, 2.24) is 19.8 Å². The minimum atomic E-state index is -0.474. The van der Waals surface area contributed by atoms with Crippen LogP contribution in [0.3, 0.4) is 0 Å². The second-order valence-electron chi connectivity index (χ2n) is 8.35. The lowest BCUT2D eigenvalue weighted by molar-refractivity contribution is -0.0808. The summed E-state index contributed by atoms with van der Waals surface area (Å²) in [5.41, 5.74) is 1.26. The van der Waals surface area contributed by atoms with E-state index in [1.54, 1.807) is 24.1 Å². The van der Waals surface area contributed by atoms with E-state index in [0.29, 0.717) is 56.0 Å². The molecule has 0 bridgehead atoms. The monoisotopic (exact) mass is 398 g/mol. The van der Waals surface area contributed by atoms with Gasteiger partial charge in [-0.2, -0.15) is 0 Å². The number of aryl methyl sites for hydroxylation is 1. The Hall–Kier alpha value is -2.38. The van der Waals surface area contributed by atoms with Crippen molar-refractivity contribution in [1.29, 1.82) is 0 Å². The van der Waals surface area contributed by atoms with E-state index in [9.17, 15) is 14.3 Å². The highest BCUT2D eigenvalue weighted by Gasteiger charge is 2.46. The van der Waals surface area contributed by atoms with Crippen molar-refractivity contribution in [2.45, 2.75) is 38.8 Å². The van der Waals surface area contributed by atoms with Crippen LogP contribution in [0.15, 0.2) is 36.8 Å². The molecule has 1 amide bonds. The fourth-order valence-electron chi connectivity index (χ4n) is 4.75. The van der Waals surface area contributed by atoms with Crippen LogP contribution in [-0.4, -0.2) is 63.1 Å². The summed E-state index contributed by atoms with van der Waals surface area (Å²) in [6, 6.07) is 5.48. The van der Waals surface area contributed by atoms with Crippen molar-refractivity contribution in [3.05, 3.63) is 59.4 Å². The summed E-state index contributed by atoms with van der Waals surface area (Å²) in [5.74, 6) is -0.304. The van der Waals surface area contributed by atoms with E-state index in [-0.39, 0.29) is 11.7 Å². The van der Waals surface area contributed by atoms with Crippen LogP contribution in [0.5, 0.6) is 0 Å². The SMILES string of the molecule is Cc1cccc(CN2CC[C@@H](O)[C@]3(CCCN(C(=O)c4cnccn4)C3)C2)c1F. The molecule has 1 aromatic heterocycles. The maximum atomic E-state index is 14.5. The Bertz CT molecular complexity index is 878. The van der Waals surface area contributed by atoms with Gasteiger partial charge in [0.25, 0.3) is 5.91 Å². The van der Waals surface area contributed by atoms with Gasteiger partial charge in [-0.05, 0) is 31.7 Å². The molecule has 3 heterocycles. The molecule has 2 atom stereocenters. The summed E-state index contributed by atoms with van der Waals surface area (Å²) in [5, 5.41) is 10.9. The standard InChI is InChI=1S/C22H27FN4O2/c1-16-4-2-5-17(20(16)23)13-26-11-6-19(28)22(14-26)7-3-10-27(15-22)21(29)18-12-24-8-9-25-18/h2,4-5,8-9,12,19,28H,3,6-7,10-11,13-15H2,1H3/t19-,22-/m1/s1. The van der Waals surface area contributed by atoms with E-state index in [1.807, 2.05) is 12.1 Å². The lowest BCUT2D eigenvalue weighted by Gasteiger charge is -2.51. The highest BCUT2D eigenvalue weighted by atomic mass is 19.1. The number of hydrogen-bond acceptors (Lipinski definition) is 5. The molecule has 6 nitrogen and oxygen atoms in total. The number of piperidine rings is 2. The van der Waals surface area contributed by atoms with Crippen molar-refractivity contribution in [3.63, 3.8) is 0 Å². The Balaban J connectivity index is 1.50. The number of hydrogen-bond donors (Lipinski definition) is 1. The van der Waals surface area contributed by atoms with Gasteiger partial charge in [0.05, 0.1) is 12.3 Å². The van der Waals surface area contributed by atoms with Crippen molar-refractivity contribution in [2.24, 2.45) is 5.41 Å². The van der Waals surface area contributed by atoms with Crippen LogP contribution in [0.4, 0.5) is 4.39 Å². The Labute approximate surface area is 170 Å². The fraction of sp³-hybridized carbons (Fsp3) is 0.500. The first-order chi connectivity index (χ1) is 14.0. The summed E-state index contributed by atoms with van der Waals surface area (Å²) in [6.07, 6.45) is 6.37. The molecule has 29 heavy (non-hydrogen) atoms. The van der Waals surface area contributed by atoms with Gasteiger partial charge < -0.3 is 10.0 Å². The molecule has 1 aromatic carbocycles. The van der Waals surface area contributed by atoms with E-state index < -0.39 is 11.5 Å². The third kappa shape index (κ3) is 4.02. The Morgan fingerprint density at radius 2 is 2.17 bits per heavy atom. The number of benzene rings is 1. The van der Waals surface area contributed by atoms with E-state index in [0.717, 1.165) is 12.8 Å². The van der Waals surface area contributed by atoms with Crippen LogP contribution in [0.2, 0.25) is 0 Å². The molecule has 1 N–H and O–H groups in total. The number of aliphatic hydroxyl groups is 1. The normalized spacial score (nSPS) is 25.3. The Morgan fingerprint density at radius 3 is 2.97 bits per heavy atom. The first-order valence-electron chi connectivity index (χ1n) is 10.2. The lowest BCUT2D eigenvalue weighted by atomic mass is 9.71. The number of carbonyl (C=O) groups excluding carboxylic acids is 1. The van der Waals surface area contributed by atoms with Crippen molar-refractivity contribution >= 4 is 5.91 Å². The topological polar surface area (TPSA) is 69.6 Å². The van der Waals surface area contributed by atoms with Gasteiger partial charge in [0.2, 0.25) is 0 Å². The predicted molar refractivity (Wildman–Crippen MR) is 107 cm³/mol. The summed E-state index contributed by atoms with van der Waals surface area (Å²) < 4.78 is 14.5. The van der Waals surface area contributed by atoms with Crippen LogP contribution in [0.25, 0.3) is 0 Å². The third-order valence-electron chi connectivity index (χ3n) is 6.31. The molecule has 154 valence electrons. The van der Waals surface area contributed by atoms with Gasteiger partial charge in [-0.1, -0.05) is 18.2 Å². The second kappa shape index (κ2) is 8.16. The number of likely N-dealkylation sites (tertiary alicyclic amines) is 2. The molecule has 0 unspecified atom stereocenters. The van der Waals surface area contributed by atoms with Crippen LogP contribution in [0, 0.1) is 18.2 Å². The number of halogens is 1. The molecular formula is C22H27FN4O2. The molecule has 2 aromatic rings. The van der Waals surface area contributed by atoms with Crippen LogP contribution >= 0.6 is 0 Å². The quantitative estimate of drug-likeness (QED) is 0.860. The minimum absolute atomic E-state index is 0.147. The number of aliphatic hydroxyl groups excluding tert-OH is 1. The van der Waals surface area contributed by atoms with Crippen molar-refractivity contribution in [3.8, 4) is 0 Å². The van der Waals surface area contributed by atoms with Crippen molar-refractivity contribution < 1.29 is 14.3 Å². The largest absolute Gasteiger partial charge is 0.392 e. The third-order valence-corrected chi connectivity index (χ3v) is 6.31. The van der Waals surface area contributed by atoms with Crippen LogP contribution in [-0.2, 0) is 6.54 Å². The first kappa shape index (κ1) is 19.9. The number of carbonyl (C=O) groups is 1. The summed E-state index contributed by atoms with van der Waals surface area (Å²) >= 11 is 0. The summed E-state index contributed by atoms with van der Waals surface area (Å²) in [7, 11) is 0. The van der Waals surface area contributed by atoms with E-state index in [4.69, 9.17) is 0 Å². The molecule has 7 heteroatoms. The maximum absolute atomic E-state index is 14.5. The zero-order valence-corrected chi connectivity index (χ0v) is 16.7. The van der Waals surface area contributed by atoms with Gasteiger partial charge in [0.15, 0.2) is 0 Å². The Kier molecular flexibility index (Phi) is 5.61. The first-order valence-corrected chi connectivity index (χ1v) is 10.2. The number of nitrogens with zero attached hydrogens (tertiary/aromatic N) is 4. The smallest absolute Gasteiger partial charge is 0.274 e. The van der Waals surface area contributed by atoms with Crippen LogP contribution < -0.4 is 0 Å². The highest BCUT2D eigenvalue weighted by Crippen LogP contribution is 2.39. The molecule has 2 aliphatic heterocycles. The number of amides is 1. The van der Waals surface area contributed by atoms with E-state index in [2.05, 4.69) is 14.9 Å². The van der Waals surface area contributed by atoms with Crippen LogP contribution in [0.1, 0.15) is 40.9 Å². The maximum Gasteiger partial charge on any atom is 0.274 e. The molecule has 4 rings (SSSR count). The zero-order chi connectivity index (χ0) is 20.4. The molecule has 2 fully saturated rings. The molecule has 2 saturated heterocycles. The number of rotatable bonds is 3. The molecule has 0 aliphatic carbocycles. The average Bonchev–Trinajstić information content (AvgIpc) is 2.74. The van der Waals surface area contributed by atoms with Crippen molar-refractivity contribution in [2.75, 3.05) is 26.2 Å². The Morgan fingerprint density at radius 1 is 1.31 bits per heavy atom. The molecule has 0 radical (unpaired) electrons. The minimum Gasteiger partial charge on any atom is -0.392 e. The molecule has 1 spiro atoms. The molecule has 0 saturated carbocycles. The molecular weight excluding hydrogens is 371 g/mol. The van der Waals surface area contributed by atoms with Gasteiger partial charge >= 0.3 is 0 Å². The predicted octanol–water partition coefficient (Wildman–Crippen LogP) is 2.41. The second-order valence-corrected chi connectivity index (χ2v) is 8.35. The zero-order valence-electron chi connectivity index (χ0n) is 16.7. The highest BCUT2D eigenvalue weighted by molar-refractivity contribution is 5.92. The van der Waals surface area contributed by atoms with Gasteiger partial charge in [-0.3, -0.25) is 14.7 Å². The van der Waals surface area contributed by atoms with Gasteiger partial charge in [0.1, 0.15) is 11.5 Å². The lowest BCUT2D eigenvalue weighted by Crippen LogP contribution is -2.59. The van der Waals surface area contributed by atoms with E-state index >= 15 is 0 Å². The van der Waals surface area contributed by atoms with Gasteiger partial charge in [-0.15, -0.1) is 0 Å². The van der Waals surface area contributed by atoms with Gasteiger partial charge in [-0.25, -0.2) is 9.37 Å². The average molecular weight is 398 g/mol. The molecule has 2 aliphatic rings. The van der Waals surface area contributed by atoms with Gasteiger partial charge in [0, 0.05) is 56.1 Å². The summed E-state index contributed by atoms with van der Waals surface area (Å²) in [4.78, 5) is 25.0. The summed E-state index contributed by atoms with van der Waals surface area (Å²) in [6.45, 7) is 4.78. The number of aromatic nitrogens is 2.